The minimum Gasteiger partial charge on any atom is -0.463 e. The first-order valence-electron chi connectivity index (χ1n) is 11.8. The van der Waals surface area contributed by atoms with E-state index in [9.17, 15) is 9.59 Å². The summed E-state index contributed by atoms with van der Waals surface area (Å²) in [5, 5.41) is 2.60. The molecule has 1 aromatic rings. The zero-order valence-corrected chi connectivity index (χ0v) is 21.5. The van der Waals surface area contributed by atoms with Crippen LogP contribution < -0.4 is 15.5 Å². The number of hydrogen-bond donors (Lipinski definition) is 1. The highest BCUT2D eigenvalue weighted by Crippen LogP contribution is 2.36. The summed E-state index contributed by atoms with van der Waals surface area (Å²) in [6, 6.07) is -0.398. The van der Waals surface area contributed by atoms with Gasteiger partial charge in [-0.15, -0.1) is 0 Å². The van der Waals surface area contributed by atoms with Crippen LogP contribution in [0.25, 0.3) is 0 Å². The van der Waals surface area contributed by atoms with Crippen molar-refractivity contribution in [3.05, 3.63) is 12.4 Å². The van der Waals surface area contributed by atoms with E-state index < -0.39 is 36.1 Å². The number of carbonyl (C=O) groups is 2. The average molecular weight is 476 g/mol. The van der Waals surface area contributed by atoms with Crippen molar-refractivity contribution in [3.63, 3.8) is 0 Å². The van der Waals surface area contributed by atoms with Crippen molar-refractivity contribution in [2.75, 3.05) is 19.7 Å². The number of nitrogens with zero attached hydrogens (tertiary/aromatic N) is 3. The van der Waals surface area contributed by atoms with E-state index in [0.29, 0.717) is 19.7 Å². The maximum atomic E-state index is 12.7. The first-order chi connectivity index (χ1) is 15.7. The predicted octanol–water partition coefficient (Wildman–Crippen LogP) is 1.92. The lowest BCUT2D eigenvalue weighted by atomic mass is 9.81. The first kappa shape index (κ1) is 26.2. The Labute approximate surface area is 202 Å². The number of ether oxygens (including phenoxy) is 2. The van der Waals surface area contributed by atoms with Gasteiger partial charge in [0.1, 0.15) is 11.6 Å². The van der Waals surface area contributed by atoms with Crippen molar-refractivity contribution >= 4 is 24.6 Å². The Hall–Kier alpha value is -2.40. The molecule has 0 bridgehead atoms. The van der Waals surface area contributed by atoms with Crippen molar-refractivity contribution in [1.29, 1.82) is 0 Å². The molecule has 0 aliphatic carbocycles. The van der Waals surface area contributed by atoms with Crippen molar-refractivity contribution in [3.8, 4) is 6.01 Å². The van der Waals surface area contributed by atoms with Crippen LogP contribution in [0, 0.1) is 5.92 Å². The Morgan fingerprint density at radius 2 is 1.79 bits per heavy atom. The molecule has 0 saturated carbocycles. The molecular weight excluding hydrogens is 439 g/mol. The number of rotatable bonds is 6. The van der Waals surface area contributed by atoms with Gasteiger partial charge in [-0.2, -0.15) is 0 Å². The number of nitrogens with one attached hydrogen (secondary N) is 1. The lowest BCUT2D eigenvalue weighted by molar-refractivity contribution is -0.132. The highest BCUT2D eigenvalue weighted by molar-refractivity contribution is 6.61. The Kier molecular flexibility index (Phi) is 7.47. The highest BCUT2D eigenvalue weighted by Gasteiger charge is 2.52. The van der Waals surface area contributed by atoms with Crippen molar-refractivity contribution in [2.45, 2.75) is 84.7 Å². The van der Waals surface area contributed by atoms with Crippen LogP contribution >= 0.6 is 0 Å². The molecule has 3 heterocycles. The molecule has 3 rings (SSSR count). The fourth-order valence-corrected chi connectivity index (χ4v) is 3.68. The number of carbonyl (C=O) groups excluding carboxylic acids is 2. The van der Waals surface area contributed by atoms with E-state index in [-0.39, 0.29) is 17.8 Å². The van der Waals surface area contributed by atoms with Crippen molar-refractivity contribution < 1.29 is 28.4 Å². The molecule has 0 spiro atoms. The van der Waals surface area contributed by atoms with Gasteiger partial charge in [-0.05, 0) is 61.8 Å². The molecule has 0 aromatic carbocycles. The molecule has 11 heteroatoms. The normalized spacial score (nSPS) is 22.4. The quantitative estimate of drug-likeness (QED) is 0.620. The number of aromatic nitrogens is 2. The molecule has 0 unspecified atom stereocenters. The monoisotopic (exact) mass is 476 g/mol. The Balaban J connectivity index is 1.45. The third-order valence-electron chi connectivity index (χ3n) is 6.32. The van der Waals surface area contributed by atoms with Gasteiger partial charge in [0, 0.05) is 36.9 Å². The van der Waals surface area contributed by atoms with Gasteiger partial charge < -0.3 is 29.0 Å². The summed E-state index contributed by atoms with van der Waals surface area (Å²) in [6.45, 7) is 16.5. The SMILES string of the molecule is C[C@H](NC(=O)OC(C)(C)C)C(=O)N1CC[C@@H](COc2ncc(B3OC(C)(C)C(C)(C)O3)cn2)C1. The van der Waals surface area contributed by atoms with Gasteiger partial charge >= 0.3 is 19.2 Å². The summed E-state index contributed by atoms with van der Waals surface area (Å²) in [5.74, 6) is 0.0143. The average Bonchev–Trinajstić information content (AvgIpc) is 3.26. The Morgan fingerprint density at radius 1 is 1.21 bits per heavy atom. The third kappa shape index (κ3) is 6.38. The topological polar surface area (TPSA) is 112 Å². The highest BCUT2D eigenvalue weighted by atomic mass is 16.7. The summed E-state index contributed by atoms with van der Waals surface area (Å²) in [6.07, 6.45) is 3.50. The standard InChI is InChI=1S/C23H37BN4O6/c1-15(27-20(30)32-21(2,3)4)18(29)28-10-9-16(13-28)14-31-19-25-11-17(12-26-19)24-33-22(5,6)23(7,8)34-24/h11-12,15-16H,9-10,13-14H2,1-8H3,(H,27,30)/t15-,16+/m0/s1. The lowest BCUT2D eigenvalue weighted by Gasteiger charge is -2.32. The summed E-state index contributed by atoms with van der Waals surface area (Å²) >= 11 is 0. The molecule has 2 atom stereocenters. The number of alkyl carbamates (subject to hydrolysis) is 1. The minimum absolute atomic E-state index is 0.142. The van der Waals surface area contributed by atoms with E-state index in [4.69, 9.17) is 18.8 Å². The van der Waals surface area contributed by atoms with Crippen LogP contribution in [-0.4, -0.2) is 76.5 Å². The zero-order valence-electron chi connectivity index (χ0n) is 21.5. The lowest BCUT2D eigenvalue weighted by Crippen LogP contribution is -2.47. The first-order valence-corrected chi connectivity index (χ1v) is 11.8. The second kappa shape index (κ2) is 9.69. The summed E-state index contributed by atoms with van der Waals surface area (Å²) in [7, 11) is -0.523. The summed E-state index contributed by atoms with van der Waals surface area (Å²) in [4.78, 5) is 34.9. The fourth-order valence-electron chi connectivity index (χ4n) is 3.68. The van der Waals surface area contributed by atoms with E-state index in [0.717, 1.165) is 11.9 Å². The second-order valence-corrected chi connectivity index (χ2v) is 11.0. The van der Waals surface area contributed by atoms with Gasteiger partial charge in [-0.25, -0.2) is 14.8 Å². The fraction of sp³-hybridized carbons (Fsp3) is 0.739. The molecule has 2 aliphatic heterocycles. The van der Waals surface area contributed by atoms with Gasteiger partial charge in [0.2, 0.25) is 5.91 Å². The Morgan fingerprint density at radius 3 is 2.35 bits per heavy atom. The van der Waals surface area contributed by atoms with Gasteiger partial charge in [-0.1, -0.05) is 0 Å². The summed E-state index contributed by atoms with van der Waals surface area (Å²) < 4.78 is 23.0. The molecule has 2 aliphatic rings. The van der Waals surface area contributed by atoms with Crippen LogP contribution in [0.15, 0.2) is 12.4 Å². The molecule has 1 N–H and O–H groups in total. The van der Waals surface area contributed by atoms with E-state index in [1.54, 1.807) is 45.0 Å². The van der Waals surface area contributed by atoms with Crippen LogP contribution in [0.2, 0.25) is 0 Å². The van der Waals surface area contributed by atoms with Gasteiger partial charge in [0.25, 0.3) is 0 Å². The van der Waals surface area contributed by atoms with Crippen LogP contribution in [-0.2, 0) is 18.8 Å². The van der Waals surface area contributed by atoms with E-state index in [1.165, 1.54) is 0 Å². The molecule has 1 aromatic heterocycles. The molecule has 10 nitrogen and oxygen atoms in total. The molecule has 2 fully saturated rings. The zero-order chi connectivity index (χ0) is 25.3. The minimum atomic E-state index is -0.666. The third-order valence-corrected chi connectivity index (χ3v) is 6.32. The van der Waals surface area contributed by atoms with E-state index >= 15 is 0 Å². The second-order valence-electron chi connectivity index (χ2n) is 11.0. The molecular formula is C23H37BN4O6. The van der Waals surface area contributed by atoms with Gasteiger partial charge in [0.05, 0.1) is 17.8 Å². The van der Waals surface area contributed by atoms with Crippen LogP contribution in [0.3, 0.4) is 0 Å². The number of amides is 2. The molecule has 34 heavy (non-hydrogen) atoms. The Bertz CT molecular complexity index is 870. The molecule has 0 radical (unpaired) electrons. The van der Waals surface area contributed by atoms with E-state index in [1.807, 2.05) is 27.7 Å². The molecule has 2 amide bonds. The number of hydrogen-bond acceptors (Lipinski definition) is 8. The molecule has 188 valence electrons. The van der Waals surface area contributed by atoms with Crippen LogP contribution in [0.5, 0.6) is 6.01 Å². The van der Waals surface area contributed by atoms with Crippen molar-refractivity contribution in [1.82, 2.24) is 20.2 Å². The number of likely N-dealkylation sites (tertiary alicyclic amines) is 1. The van der Waals surface area contributed by atoms with Crippen LogP contribution in [0.4, 0.5) is 4.79 Å². The maximum absolute atomic E-state index is 12.7. The molecule has 2 saturated heterocycles. The van der Waals surface area contributed by atoms with Crippen molar-refractivity contribution in [2.24, 2.45) is 5.92 Å². The maximum Gasteiger partial charge on any atom is 0.498 e. The largest absolute Gasteiger partial charge is 0.498 e. The van der Waals surface area contributed by atoms with Crippen LogP contribution in [0.1, 0.15) is 61.8 Å². The van der Waals surface area contributed by atoms with Gasteiger partial charge in [-0.3, -0.25) is 4.79 Å². The smallest absolute Gasteiger partial charge is 0.463 e. The predicted molar refractivity (Wildman–Crippen MR) is 127 cm³/mol. The summed E-state index contributed by atoms with van der Waals surface area (Å²) in [5.41, 5.74) is -0.750. The van der Waals surface area contributed by atoms with Gasteiger partial charge in [0.15, 0.2) is 0 Å². The van der Waals surface area contributed by atoms with E-state index in [2.05, 4.69) is 15.3 Å².